The third-order valence-corrected chi connectivity index (χ3v) is 6.53. The fraction of sp³-hybridized carbons (Fsp3) is 0.462. The van der Waals surface area contributed by atoms with Gasteiger partial charge < -0.3 is 10.2 Å². The standard InChI is InChI=1S/C26H33N3O2/c30-25(21-10-2-1-3-11-21)27-16-15-23-13-6-7-19-29(23)26(31)24-14-5-4-12-22(24)20-28-17-8-9-18-28/h1-5,10-12,14,23H,6-9,13,15-20H2,(H,27,30). The summed E-state index contributed by atoms with van der Waals surface area (Å²) in [4.78, 5) is 30.4. The van der Waals surface area contributed by atoms with E-state index < -0.39 is 0 Å². The summed E-state index contributed by atoms with van der Waals surface area (Å²) in [5.41, 5.74) is 2.65. The molecule has 0 bridgehead atoms. The summed E-state index contributed by atoms with van der Waals surface area (Å²) in [6.07, 6.45) is 6.47. The molecule has 2 aromatic carbocycles. The van der Waals surface area contributed by atoms with Gasteiger partial charge >= 0.3 is 0 Å². The van der Waals surface area contributed by atoms with Crippen molar-refractivity contribution in [1.29, 1.82) is 0 Å². The van der Waals surface area contributed by atoms with Crippen LogP contribution in [0.15, 0.2) is 54.6 Å². The highest BCUT2D eigenvalue weighted by molar-refractivity contribution is 5.96. The monoisotopic (exact) mass is 419 g/mol. The van der Waals surface area contributed by atoms with Gasteiger partial charge in [0.05, 0.1) is 0 Å². The molecule has 4 rings (SSSR count). The number of likely N-dealkylation sites (tertiary alicyclic amines) is 2. The van der Waals surface area contributed by atoms with Crippen LogP contribution >= 0.6 is 0 Å². The molecule has 2 aliphatic rings. The van der Waals surface area contributed by atoms with Gasteiger partial charge in [0, 0.05) is 36.8 Å². The minimum absolute atomic E-state index is 0.0507. The molecule has 5 nitrogen and oxygen atoms in total. The van der Waals surface area contributed by atoms with Gasteiger partial charge in [-0.05, 0) is 75.4 Å². The van der Waals surface area contributed by atoms with E-state index in [1.165, 1.54) is 12.8 Å². The van der Waals surface area contributed by atoms with Gasteiger partial charge in [-0.1, -0.05) is 36.4 Å². The van der Waals surface area contributed by atoms with Crippen LogP contribution in [0.25, 0.3) is 0 Å². The number of rotatable bonds is 7. The number of hydrogen-bond donors (Lipinski definition) is 1. The van der Waals surface area contributed by atoms with Crippen LogP contribution in [-0.2, 0) is 6.54 Å². The molecule has 164 valence electrons. The van der Waals surface area contributed by atoms with E-state index in [4.69, 9.17) is 0 Å². The highest BCUT2D eigenvalue weighted by Crippen LogP contribution is 2.24. The molecule has 5 heteroatoms. The zero-order chi connectivity index (χ0) is 21.5. The van der Waals surface area contributed by atoms with Crippen molar-refractivity contribution >= 4 is 11.8 Å². The molecule has 2 aromatic rings. The largest absolute Gasteiger partial charge is 0.352 e. The predicted octanol–water partition coefficient (Wildman–Crippen LogP) is 4.10. The molecule has 31 heavy (non-hydrogen) atoms. The van der Waals surface area contributed by atoms with Crippen molar-refractivity contribution in [2.24, 2.45) is 0 Å². The van der Waals surface area contributed by atoms with E-state index in [-0.39, 0.29) is 17.9 Å². The Morgan fingerprint density at radius 3 is 2.39 bits per heavy atom. The number of nitrogens with zero attached hydrogens (tertiary/aromatic N) is 2. The molecular weight excluding hydrogens is 386 g/mol. The van der Waals surface area contributed by atoms with Crippen molar-refractivity contribution < 1.29 is 9.59 Å². The van der Waals surface area contributed by atoms with Crippen molar-refractivity contribution in [3.63, 3.8) is 0 Å². The highest BCUT2D eigenvalue weighted by Gasteiger charge is 2.29. The molecule has 0 radical (unpaired) electrons. The number of piperidine rings is 1. The first-order chi connectivity index (χ1) is 15.2. The number of amides is 2. The summed E-state index contributed by atoms with van der Waals surface area (Å²) in [6.45, 7) is 4.48. The molecule has 0 aliphatic carbocycles. The van der Waals surface area contributed by atoms with Crippen LogP contribution in [0.3, 0.4) is 0 Å². The summed E-state index contributed by atoms with van der Waals surface area (Å²) in [5.74, 6) is 0.0964. The molecule has 0 aromatic heterocycles. The molecule has 0 spiro atoms. The van der Waals surface area contributed by atoms with E-state index in [0.717, 1.165) is 63.0 Å². The maximum Gasteiger partial charge on any atom is 0.254 e. The molecule has 1 unspecified atom stereocenters. The quantitative estimate of drug-likeness (QED) is 0.735. The lowest BCUT2D eigenvalue weighted by Crippen LogP contribution is -2.45. The lowest BCUT2D eigenvalue weighted by Gasteiger charge is -2.36. The van der Waals surface area contributed by atoms with Crippen LogP contribution in [0, 0.1) is 0 Å². The van der Waals surface area contributed by atoms with E-state index in [1.54, 1.807) is 0 Å². The Labute approximate surface area is 185 Å². The fourth-order valence-electron chi connectivity index (χ4n) is 4.82. The first-order valence-corrected chi connectivity index (χ1v) is 11.7. The second kappa shape index (κ2) is 10.6. The first-order valence-electron chi connectivity index (χ1n) is 11.7. The average molecular weight is 420 g/mol. The molecule has 0 saturated carbocycles. The minimum atomic E-state index is -0.0507. The van der Waals surface area contributed by atoms with Crippen molar-refractivity contribution in [2.75, 3.05) is 26.2 Å². The summed E-state index contributed by atoms with van der Waals surface area (Å²) in [7, 11) is 0. The first kappa shape index (κ1) is 21.6. The van der Waals surface area contributed by atoms with E-state index in [1.807, 2.05) is 48.5 Å². The maximum atomic E-state index is 13.5. The van der Waals surface area contributed by atoms with E-state index >= 15 is 0 Å². The third kappa shape index (κ3) is 5.53. The SMILES string of the molecule is O=C(NCCC1CCCCN1C(=O)c1ccccc1CN1CCCC1)c1ccccc1. The normalized spacial score (nSPS) is 19.4. The van der Waals surface area contributed by atoms with Gasteiger partial charge in [0.2, 0.25) is 0 Å². The number of nitrogens with one attached hydrogen (secondary N) is 1. The van der Waals surface area contributed by atoms with Crippen LogP contribution in [0.4, 0.5) is 0 Å². The summed E-state index contributed by atoms with van der Waals surface area (Å²) in [6, 6.07) is 17.6. The molecule has 2 fully saturated rings. The van der Waals surface area contributed by atoms with Gasteiger partial charge in [0.1, 0.15) is 0 Å². The van der Waals surface area contributed by atoms with Crippen LogP contribution in [0.5, 0.6) is 0 Å². The van der Waals surface area contributed by atoms with Gasteiger partial charge in [-0.15, -0.1) is 0 Å². The highest BCUT2D eigenvalue weighted by atomic mass is 16.2. The third-order valence-electron chi connectivity index (χ3n) is 6.53. The van der Waals surface area contributed by atoms with Crippen LogP contribution in [0.2, 0.25) is 0 Å². The Morgan fingerprint density at radius 1 is 0.871 bits per heavy atom. The lowest BCUT2D eigenvalue weighted by molar-refractivity contribution is 0.0599. The van der Waals surface area contributed by atoms with Crippen LogP contribution in [0.1, 0.15) is 64.8 Å². The molecular formula is C26H33N3O2. The van der Waals surface area contributed by atoms with Gasteiger partial charge in [-0.25, -0.2) is 0 Å². The smallest absolute Gasteiger partial charge is 0.254 e. The summed E-state index contributed by atoms with van der Waals surface area (Å²) in [5, 5.41) is 3.02. The van der Waals surface area contributed by atoms with Crippen LogP contribution < -0.4 is 5.32 Å². The molecule has 2 saturated heterocycles. The van der Waals surface area contributed by atoms with Crippen molar-refractivity contribution in [1.82, 2.24) is 15.1 Å². The predicted molar refractivity (Wildman–Crippen MR) is 123 cm³/mol. The lowest BCUT2D eigenvalue weighted by atomic mass is 9.96. The van der Waals surface area contributed by atoms with Crippen LogP contribution in [-0.4, -0.2) is 53.8 Å². The fourth-order valence-corrected chi connectivity index (χ4v) is 4.82. The van der Waals surface area contributed by atoms with E-state index in [0.29, 0.717) is 12.1 Å². The summed E-state index contributed by atoms with van der Waals surface area (Å²) < 4.78 is 0. The minimum Gasteiger partial charge on any atom is -0.352 e. The Hall–Kier alpha value is -2.66. The Bertz CT molecular complexity index is 877. The molecule has 2 amide bonds. The zero-order valence-electron chi connectivity index (χ0n) is 18.3. The van der Waals surface area contributed by atoms with E-state index in [9.17, 15) is 9.59 Å². The van der Waals surface area contributed by atoms with E-state index in [2.05, 4.69) is 21.2 Å². The number of benzene rings is 2. The van der Waals surface area contributed by atoms with Crippen molar-refractivity contribution in [3.05, 3.63) is 71.3 Å². The van der Waals surface area contributed by atoms with Crippen molar-refractivity contribution in [3.8, 4) is 0 Å². The Balaban J connectivity index is 1.39. The summed E-state index contributed by atoms with van der Waals surface area (Å²) >= 11 is 0. The Kier molecular flexibility index (Phi) is 7.36. The topological polar surface area (TPSA) is 52.7 Å². The Morgan fingerprint density at radius 2 is 1.58 bits per heavy atom. The molecule has 2 aliphatic heterocycles. The molecule has 2 heterocycles. The zero-order valence-corrected chi connectivity index (χ0v) is 18.3. The molecule has 1 N–H and O–H groups in total. The van der Waals surface area contributed by atoms with Gasteiger partial charge in [-0.2, -0.15) is 0 Å². The number of hydrogen-bond acceptors (Lipinski definition) is 3. The van der Waals surface area contributed by atoms with Gasteiger partial charge in [-0.3, -0.25) is 14.5 Å². The molecule has 1 atom stereocenters. The maximum absolute atomic E-state index is 13.5. The second-order valence-corrected chi connectivity index (χ2v) is 8.70. The van der Waals surface area contributed by atoms with Gasteiger partial charge in [0.25, 0.3) is 11.8 Å². The number of carbonyl (C=O) groups is 2. The van der Waals surface area contributed by atoms with Crippen molar-refractivity contribution in [2.45, 2.75) is 51.1 Å². The van der Waals surface area contributed by atoms with Gasteiger partial charge in [0.15, 0.2) is 0 Å². The average Bonchev–Trinajstić information content (AvgIpc) is 3.33. The number of carbonyl (C=O) groups excluding carboxylic acids is 2. The second-order valence-electron chi connectivity index (χ2n) is 8.70.